The summed E-state index contributed by atoms with van der Waals surface area (Å²) in [6.45, 7) is 4.01. The number of benzene rings is 1. The zero-order valence-corrected chi connectivity index (χ0v) is 15.0. The third kappa shape index (κ3) is 3.22. The molecule has 0 N–H and O–H groups in total. The number of fused-ring (bicyclic) bond motifs is 1. The Morgan fingerprint density at radius 3 is 2.77 bits per heavy atom. The first-order valence-electron chi connectivity index (χ1n) is 8.72. The second-order valence-electron chi connectivity index (χ2n) is 6.69. The van der Waals surface area contributed by atoms with Crippen LogP contribution in [-0.4, -0.2) is 59.7 Å². The van der Waals surface area contributed by atoms with E-state index in [1.54, 1.807) is 13.3 Å². The maximum absolute atomic E-state index is 12.5. The molecule has 2 atom stereocenters. The van der Waals surface area contributed by atoms with E-state index in [0.29, 0.717) is 25.6 Å². The van der Waals surface area contributed by atoms with Crippen molar-refractivity contribution in [3.05, 3.63) is 47.8 Å². The Hall–Kier alpha value is -2.67. The van der Waals surface area contributed by atoms with Crippen LogP contribution in [0.25, 0.3) is 0 Å². The van der Waals surface area contributed by atoms with Crippen molar-refractivity contribution in [2.75, 3.05) is 31.7 Å². The van der Waals surface area contributed by atoms with Gasteiger partial charge in [0.05, 0.1) is 19.3 Å². The molecule has 0 radical (unpaired) electrons. The van der Waals surface area contributed by atoms with E-state index in [0.717, 1.165) is 17.0 Å². The van der Waals surface area contributed by atoms with Gasteiger partial charge >= 0.3 is 0 Å². The van der Waals surface area contributed by atoms with Crippen LogP contribution < -0.4 is 9.64 Å². The minimum absolute atomic E-state index is 0.00228. The minimum atomic E-state index is -0.0185. The molecule has 2 saturated heterocycles. The molecular weight excluding hydrogens is 332 g/mol. The van der Waals surface area contributed by atoms with Crippen molar-refractivity contribution in [1.29, 1.82) is 0 Å². The molecule has 1 aromatic heterocycles. The van der Waals surface area contributed by atoms with E-state index < -0.39 is 0 Å². The average molecular weight is 354 g/mol. The fraction of sp³-hybridized carbons (Fsp3) is 0.421. The minimum Gasteiger partial charge on any atom is -0.497 e. The quantitative estimate of drug-likeness (QED) is 0.827. The topological polar surface area (TPSA) is 67.8 Å². The molecule has 1 amide bonds. The number of morpholine rings is 1. The van der Waals surface area contributed by atoms with E-state index in [9.17, 15) is 4.79 Å². The van der Waals surface area contributed by atoms with Gasteiger partial charge in [-0.3, -0.25) is 4.79 Å². The van der Waals surface area contributed by atoms with Gasteiger partial charge in [0, 0.05) is 31.5 Å². The molecule has 26 heavy (non-hydrogen) atoms. The average Bonchev–Trinajstić information content (AvgIpc) is 3.09. The summed E-state index contributed by atoms with van der Waals surface area (Å²) in [4.78, 5) is 25.4. The van der Waals surface area contributed by atoms with Crippen molar-refractivity contribution >= 4 is 11.9 Å². The van der Waals surface area contributed by atoms with Crippen LogP contribution >= 0.6 is 0 Å². The van der Waals surface area contributed by atoms with Crippen LogP contribution in [0, 0.1) is 6.92 Å². The standard InChI is InChI=1S/C19H22N4O3/c1-13-7-8-20-19(21-13)22-10-16-17(11-22)26-12-18(24)23(16)9-14-3-5-15(25-2)6-4-14/h3-8,16-17H,9-12H2,1-2H3. The number of hydrogen-bond acceptors (Lipinski definition) is 6. The number of anilines is 1. The molecule has 2 aromatic rings. The molecule has 0 saturated carbocycles. The molecule has 4 rings (SSSR count). The summed E-state index contributed by atoms with van der Waals surface area (Å²) in [7, 11) is 1.64. The van der Waals surface area contributed by atoms with Gasteiger partial charge in [0.2, 0.25) is 11.9 Å². The number of nitrogens with zero attached hydrogens (tertiary/aromatic N) is 4. The van der Waals surface area contributed by atoms with Crippen LogP contribution in [0.3, 0.4) is 0 Å². The zero-order valence-electron chi connectivity index (χ0n) is 15.0. The molecule has 2 aliphatic heterocycles. The summed E-state index contributed by atoms with van der Waals surface area (Å²) >= 11 is 0. The van der Waals surface area contributed by atoms with Crippen LogP contribution in [0.2, 0.25) is 0 Å². The SMILES string of the molecule is COc1ccc(CN2C(=O)COC3CN(c4nccc(C)n4)CC32)cc1. The van der Waals surface area contributed by atoms with Gasteiger partial charge in [0.15, 0.2) is 0 Å². The van der Waals surface area contributed by atoms with Gasteiger partial charge in [0.1, 0.15) is 12.4 Å². The van der Waals surface area contributed by atoms with E-state index >= 15 is 0 Å². The lowest BCUT2D eigenvalue weighted by Crippen LogP contribution is -2.53. The Morgan fingerprint density at radius 1 is 1.23 bits per heavy atom. The molecule has 136 valence electrons. The Bertz CT molecular complexity index is 796. The number of carbonyl (C=O) groups is 1. The Kier molecular flexibility index (Phi) is 4.46. The molecule has 7 nitrogen and oxygen atoms in total. The molecular formula is C19H22N4O3. The van der Waals surface area contributed by atoms with Crippen molar-refractivity contribution in [1.82, 2.24) is 14.9 Å². The number of methoxy groups -OCH3 is 1. The van der Waals surface area contributed by atoms with Crippen LogP contribution in [0.4, 0.5) is 5.95 Å². The summed E-state index contributed by atoms with van der Waals surface area (Å²) in [5.41, 5.74) is 2.00. The highest BCUT2D eigenvalue weighted by molar-refractivity contribution is 5.79. The van der Waals surface area contributed by atoms with E-state index in [1.807, 2.05) is 42.2 Å². The third-order valence-corrected chi connectivity index (χ3v) is 4.96. The number of ether oxygens (including phenoxy) is 2. The maximum Gasteiger partial charge on any atom is 0.249 e. The molecule has 0 bridgehead atoms. The Morgan fingerprint density at radius 2 is 2.04 bits per heavy atom. The monoisotopic (exact) mass is 354 g/mol. The van der Waals surface area contributed by atoms with E-state index in [-0.39, 0.29) is 24.7 Å². The summed E-state index contributed by atoms with van der Waals surface area (Å²) in [6.07, 6.45) is 1.75. The molecule has 1 aromatic carbocycles. The van der Waals surface area contributed by atoms with Crippen molar-refractivity contribution < 1.29 is 14.3 Å². The lowest BCUT2D eigenvalue weighted by Gasteiger charge is -2.36. The fourth-order valence-corrected chi connectivity index (χ4v) is 3.55. The van der Waals surface area contributed by atoms with Gasteiger partial charge in [-0.25, -0.2) is 9.97 Å². The van der Waals surface area contributed by atoms with Gasteiger partial charge < -0.3 is 19.3 Å². The number of hydrogen-bond donors (Lipinski definition) is 0. The molecule has 7 heteroatoms. The number of rotatable bonds is 4. The first-order chi connectivity index (χ1) is 12.6. The van der Waals surface area contributed by atoms with Crippen molar-refractivity contribution in [2.45, 2.75) is 25.6 Å². The highest BCUT2D eigenvalue weighted by Crippen LogP contribution is 2.27. The van der Waals surface area contributed by atoms with Gasteiger partial charge in [0.25, 0.3) is 0 Å². The molecule has 3 heterocycles. The number of aromatic nitrogens is 2. The largest absolute Gasteiger partial charge is 0.497 e. The van der Waals surface area contributed by atoms with Gasteiger partial charge in [-0.1, -0.05) is 12.1 Å². The molecule has 2 unspecified atom stereocenters. The second kappa shape index (κ2) is 6.92. The first-order valence-corrected chi connectivity index (χ1v) is 8.72. The molecule has 0 spiro atoms. The first kappa shape index (κ1) is 16.8. The smallest absolute Gasteiger partial charge is 0.249 e. The highest BCUT2D eigenvalue weighted by atomic mass is 16.5. The predicted molar refractivity (Wildman–Crippen MR) is 96.1 cm³/mol. The molecule has 2 fully saturated rings. The van der Waals surface area contributed by atoms with Crippen molar-refractivity contribution in [3.8, 4) is 5.75 Å². The Labute approximate surface area is 152 Å². The lowest BCUT2D eigenvalue weighted by molar-refractivity contribution is -0.153. The van der Waals surface area contributed by atoms with Gasteiger partial charge in [-0.05, 0) is 30.7 Å². The highest BCUT2D eigenvalue weighted by Gasteiger charge is 2.43. The van der Waals surface area contributed by atoms with Crippen LogP contribution in [0.5, 0.6) is 5.75 Å². The van der Waals surface area contributed by atoms with Gasteiger partial charge in [-0.15, -0.1) is 0 Å². The van der Waals surface area contributed by atoms with Gasteiger partial charge in [-0.2, -0.15) is 0 Å². The van der Waals surface area contributed by atoms with Crippen LogP contribution in [0.15, 0.2) is 36.5 Å². The fourth-order valence-electron chi connectivity index (χ4n) is 3.55. The van der Waals surface area contributed by atoms with E-state index in [4.69, 9.17) is 9.47 Å². The second-order valence-corrected chi connectivity index (χ2v) is 6.69. The van der Waals surface area contributed by atoms with Crippen LogP contribution in [-0.2, 0) is 16.1 Å². The third-order valence-electron chi connectivity index (χ3n) is 4.96. The molecule has 2 aliphatic rings. The zero-order chi connectivity index (χ0) is 18.1. The van der Waals surface area contributed by atoms with E-state index in [2.05, 4.69) is 14.9 Å². The normalized spacial score (nSPS) is 22.5. The summed E-state index contributed by atoms with van der Waals surface area (Å²) in [6, 6.07) is 9.70. The Balaban J connectivity index is 1.52. The number of amides is 1. The summed E-state index contributed by atoms with van der Waals surface area (Å²) < 4.78 is 11.0. The maximum atomic E-state index is 12.5. The van der Waals surface area contributed by atoms with Crippen LogP contribution in [0.1, 0.15) is 11.3 Å². The molecule has 0 aliphatic carbocycles. The van der Waals surface area contributed by atoms with Crippen molar-refractivity contribution in [3.63, 3.8) is 0 Å². The number of carbonyl (C=O) groups excluding carboxylic acids is 1. The summed E-state index contributed by atoms with van der Waals surface area (Å²) in [5.74, 6) is 1.53. The number of aryl methyl sites for hydroxylation is 1. The van der Waals surface area contributed by atoms with E-state index in [1.165, 1.54) is 0 Å². The predicted octanol–water partition coefficient (Wildman–Crippen LogP) is 1.41. The summed E-state index contributed by atoms with van der Waals surface area (Å²) in [5, 5.41) is 0. The lowest BCUT2D eigenvalue weighted by atomic mass is 10.1. The van der Waals surface area contributed by atoms with Crippen molar-refractivity contribution in [2.24, 2.45) is 0 Å².